The van der Waals surface area contributed by atoms with Crippen LogP contribution in [0.25, 0.3) is 11.1 Å². The van der Waals surface area contributed by atoms with E-state index in [9.17, 15) is 18.0 Å². The van der Waals surface area contributed by atoms with Crippen LogP contribution in [0.3, 0.4) is 0 Å². The molecule has 144 valence electrons. The van der Waals surface area contributed by atoms with Crippen LogP contribution in [0, 0.1) is 13.8 Å². The molecule has 0 saturated heterocycles. The first-order chi connectivity index (χ1) is 12.5. The molecule has 0 spiro atoms. The molecule has 2 heterocycles. The molecule has 9 nitrogen and oxygen atoms in total. The molecule has 3 aromatic rings. The van der Waals surface area contributed by atoms with Gasteiger partial charge in [-0.3, -0.25) is 14.1 Å². The minimum absolute atomic E-state index is 0.0299. The highest BCUT2D eigenvalue weighted by molar-refractivity contribution is 7.93. The number of anilines is 1. The highest BCUT2D eigenvalue weighted by Crippen LogP contribution is 2.28. The number of aryl methyl sites for hydroxylation is 3. The van der Waals surface area contributed by atoms with Gasteiger partial charge in [0.25, 0.3) is 15.9 Å². The fraction of sp³-hybridized carbons (Fsp3) is 0.312. The Kier molecular flexibility index (Phi) is 4.60. The molecule has 0 aliphatic rings. The Labute approximate surface area is 159 Å². The number of sulfonamides is 1. The third-order valence-corrected chi connectivity index (χ3v) is 6.67. The number of hydrogen-bond acceptors (Lipinski definition) is 7. The fourth-order valence-corrected chi connectivity index (χ4v) is 5.03. The number of benzene rings is 1. The topological polar surface area (TPSA) is 115 Å². The van der Waals surface area contributed by atoms with E-state index in [1.165, 1.54) is 15.5 Å². The number of oxazole rings is 1. The SMILES string of the molecule is Cc1cc2c(cc1S(=O)(=O)Nc1nc(C)c(C(=O)N(C)C)s1)oc(=O)n2C. The van der Waals surface area contributed by atoms with Crippen molar-refractivity contribution in [1.29, 1.82) is 0 Å². The van der Waals surface area contributed by atoms with Crippen molar-refractivity contribution < 1.29 is 17.6 Å². The maximum absolute atomic E-state index is 12.8. The summed E-state index contributed by atoms with van der Waals surface area (Å²) < 4.78 is 34.4. The number of aromatic nitrogens is 2. The van der Waals surface area contributed by atoms with Gasteiger partial charge >= 0.3 is 5.76 Å². The van der Waals surface area contributed by atoms with Crippen LogP contribution < -0.4 is 10.5 Å². The van der Waals surface area contributed by atoms with E-state index in [0.717, 1.165) is 11.3 Å². The van der Waals surface area contributed by atoms with Gasteiger partial charge in [0.15, 0.2) is 10.7 Å². The number of thiazole rings is 1. The lowest BCUT2D eigenvalue weighted by molar-refractivity contribution is 0.0831. The standard InChI is InChI=1S/C16H18N4O5S2/c1-8-6-10-11(25-16(22)20(10)5)7-12(8)27(23,24)18-15-17-9(2)13(26-15)14(21)19(3)4/h6-7H,1-5H3,(H,17,18). The van der Waals surface area contributed by atoms with E-state index in [4.69, 9.17) is 4.42 Å². The van der Waals surface area contributed by atoms with E-state index in [1.807, 2.05) is 0 Å². The third kappa shape index (κ3) is 3.35. The predicted octanol–water partition coefficient (Wildman–Crippen LogP) is 1.71. The first-order valence-electron chi connectivity index (χ1n) is 7.83. The molecule has 2 aromatic heterocycles. The van der Waals surface area contributed by atoms with Crippen LogP contribution in [-0.2, 0) is 17.1 Å². The summed E-state index contributed by atoms with van der Waals surface area (Å²) in [6.45, 7) is 3.26. The van der Waals surface area contributed by atoms with Crippen LogP contribution in [-0.4, -0.2) is 42.9 Å². The first-order valence-corrected chi connectivity index (χ1v) is 10.1. The van der Waals surface area contributed by atoms with Crippen LogP contribution in [0.2, 0.25) is 0 Å². The van der Waals surface area contributed by atoms with Gasteiger partial charge in [0.05, 0.1) is 16.1 Å². The molecule has 27 heavy (non-hydrogen) atoms. The molecule has 0 radical (unpaired) electrons. The summed E-state index contributed by atoms with van der Waals surface area (Å²) in [5, 5.41) is 0.0895. The van der Waals surface area contributed by atoms with Gasteiger partial charge in [-0.15, -0.1) is 0 Å². The van der Waals surface area contributed by atoms with Gasteiger partial charge in [0, 0.05) is 27.2 Å². The number of carbonyl (C=O) groups is 1. The summed E-state index contributed by atoms with van der Waals surface area (Å²) in [6.07, 6.45) is 0. The molecular weight excluding hydrogens is 392 g/mol. The Balaban J connectivity index is 2.02. The van der Waals surface area contributed by atoms with E-state index in [0.29, 0.717) is 21.7 Å². The molecule has 0 atom stereocenters. The minimum Gasteiger partial charge on any atom is -0.408 e. The summed E-state index contributed by atoms with van der Waals surface area (Å²) in [6, 6.07) is 2.88. The molecule has 0 unspecified atom stereocenters. The average molecular weight is 410 g/mol. The number of fused-ring (bicyclic) bond motifs is 1. The lowest BCUT2D eigenvalue weighted by atomic mass is 10.2. The maximum atomic E-state index is 12.8. The Morgan fingerprint density at radius 2 is 1.96 bits per heavy atom. The quantitative estimate of drug-likeness (QED) is 0.700. The summed E-state index contributed by atoms with van der Waals surface area (Å²) in [4.78, 5) is 29.6. The van der Waals surface area contributed by atoms with Crippen LogP contribution in [0.5, 0.6) is 0 Å². The zero-order valence-corrected chi connectivity index (χ0v) is 17.0. The van der Waals surface area contributed by atoms with Crippen LogP contribution >= 0.6 is 11.3 Å². The predicted molar refractivity (Wildman–Crippen MR) is 102 cm³/mol. The smallest absolute Gasteiger partial charge is 0.408 e. The summed E-state index contributed by atoms with van der Waals surface area (Å²) >= 11 is 0.963. The van der Waals surface area contributed by atoms with Crippen molar-refractivity contribution in [3.8, 4) is 0 Å². The van der Waals surface area contributed by atoms with Gasteiger partial charge in [-0.25, -0.2) is 18.2 Å². The van der Waals surface area contributed by atoms with Gasteiger partial charge in [-0.05, 0) is 25.5 Å². The van der Waals surface area contributed by atoms with Gasteiger partial charge in [-0.1, -0.05) is 11.3 Å². The molecule has 1 N–H and O–H groups in total. The van der Waals surface area contributed by atoms with Crippen LogP contribution in [0.1, 0.15) is 20.9 Å². The molecule has 11 heteroatoms. The van der Waals surface area contributed by atoms with E-state index >= 15 is 0 Å². The third-order valence-electron chi connectivity index (χ3n) is 4.00. The van der Waals surface area contributed by atoms with Crippen molar-refractivity contribution in [3.05, 3.63) is 38.8 Å². The lowest BCUT2D eigenvalue weighted by Crippen LogP contribution is -2.21. The molecule has 1 amide bonds. The van der Waals surface area contributed by atoms with Gasteiger partial charge < -0.3 is 9.32 Å². The van der Waals surface area contributed by atoms with Crippen molar-refractivity contribution >= 4 is 43.5 Å². The first kappa shape index (κ1) is 19.1. The van der Waals surface area contributed by atoms with Crippen LogP contribution in [0.4, 0.5) is 5.13 Å². The number of amides is 1. The van der Waals surface area contributed by atoms with Crippen molar-refractivity contribution in [3.63, 3.8) is 0 Å². The van der Waals surface area contributed by atoms with E-state index in [-0.39, 0.29) is 21.5 Å². The Bertz CT molecular complexity index is 1220. The van der Waals surface area contributed by atoms with Crippen molar-refractivity contribution in [2.45, 2.75) is 18.7 Å². The van der Waals surface area contributed by atoms with Gasteiger partial charge in [0.2, 0.25) is 0 Å². The highest BCUT2D eigenvalue weighted by Gasteiger charge is 2.24. The number of nitrogens with zero attached hydrogens (tertiary/aromatic N) is 3. The van der Waals surface area contributed by atoms with Crippen molar-refractivity contribution in [2.24, 2.45) is 7.05 Å². The van der Waals surface area contributed by atoms with E-state index < -0.39 is 15.8 Å². The Morgan fingerprint density at radius 1 is 1.30 bits per heavy atom. The Morgan fingerprint density at radius 3 is 2.59 bits per heavy atom. The second kappa shape index (κ2) is 6.50. The summed E-state index contributed by atoms with van der Waals surface area (Å²) in [7, 11) is 0.774. The molecule has 0 saturated carbocycles. The normalized spacial score (nSPS) is 11.7. The number of rotatable bonds is 4. The lowest BCUT2D eigenvalue weighted by Gasteiger charge is -2.09. The Hall–Kier alpha value is -2.66. The van der Waals surface area contributed by atoms with Gasteiger partial charge in [0.1, 0.15) is 4.88 Å². The number of nitrogens with one attached hydrogen (secondary N) is 1. The molecule has 0 aliphatic carbocycles. The second-order valence-corrected chi connectivity index (χ2v) is 8.90. The van der Waals surface area contributed by atoms with Crippen LogP contribution in [0.15, 0.2) is 26.2 Å². The molecule has 0 fully saturated rings. The monoisotopic (exact) mass is 410 g/mol. The molecule has 3 rings (SSSR count). The van der Waals surface area contributed by atoms with E-state index in [1.54, 1.807) is 41.1 Å². The number of hydrogen-bond donors (Lipinski definition) is 1. The average Bonchev–Trinajstić information content (AvgIpc) is 3.05. The highest BCUT2D eigenvalue weighted by atomic mass is 32.2. The maximum Gasteiger partial charge on any atom is 0.419 e. The molecule has 0 aliphatic heterocycles. The zero-order chi connectivity index (χ0) is 20.1. The summed E-state index contributed by atoms with van der Waals surface area (Å²) in [5.41, 5.74) is 1.56. The largest absolute Gasteiger partial charge is 0.419 e. The molecule has 1 aromatic carbocycles. The summed E-state index contributed by atoms with van der Waals surface area (Å²) in [5.74, 6) is -0.826. The number of carbonyl (C=O) groups excluding carboxylic acids is 1. The van der Waals surface area contributed by atoms with Crippen molar-refractivity contribution in [2.75, 3.05) is 18.8 Å². The minimum atomic E-state index is -3.99. The van der Waals surface area contributed by atoms with Gasteiger partial charge in [-0.2, -0.15) is 0 Å². The van der Waals surface area contributed by atoms with Crippen molar-refractivity contribution in [1.82, 2.24) is 14.5 Å². The molecular formula is C16H18N4O5S2. The zero-order valence-electron chi connectivity index (χ0n) is 15.4. The second-order valence-electron chi connectivity index (χ2n) is 6.25. The fourth-order valence-electron chi connectivity index (χ4n) is 2.56. The molecule has 0 bridgehead atoms. The van der Waals surface area contributed by atoms with E-state index in [2.05, 4.69) is 9.71 Å².